The lowest BCUT2D eigenvalue weighted by Crippen LogP contribution is -1.89. The molecule has 2 rings (SSSR count). The van der Waals surface area contributed by atoms with Crippen LogP contribution in [0.1, 0.15) is 48.1 Å². The van der Waals surface area contributed by atoms with Crippen LogP contribution in [0.25, 0.3) is 0 Å². The zero-order valence-electron chi connectivity index (χ0n) is 7.39. The first-order chi connectivity index (χ1) is 5.68. The van der Waals surface area contributed by atoms with Crippen molar-refractivity contribution in [3.8, 4) is 0 Å². The first-order valence-electron chi connectivity index (χ1n) is 4.34. The van der Waals surface area contributed by atoms with Gasteiger partial charge in [-0.05, 0) is 6.07 Å². The second-order valence-electron chi connectivity index (χ2n) is 3.56. The van der Waals surface area contributed by atoms with Gasteiger partial charge in [0.15, 0.2) is 5.78 Å². The SMILES string of the molecule is CC(C)c1cc2c(o1)CCC2=O. The molecule has 0 amide bonds. The number of carbonyl (C=O) groups excluding carboxylic acids is 1. The van der Waals surface area contributed by atoms with Crippen molar-refractivity contribution < 1.29 is 9.21 Å². The van der Waals surface area contributed by atoms with E-state index in [9.17, 15) is 4.79 Å². The third-order valence-electron chi connectivity index (χ3n) is 2.28. The van der Waals surface area contributed by atoms with Gasteiger partial charge < -0.3 is 4.42 Å². The van der Waals surface area contributed by atoms with E-state index in [-0.39, 0.29) is 5.78 Å². The summed E-state index contributed by atoms with van der Waals surface area (Å²) in [6.07, 6.45) is 1.42. The molecule has 0 saturated carbocycles. The normalized spacial score (nSPS) is 15.8. The van der Waals surface area contributed by atoms with E-state index >= 15 is 0 Å². The average Bonchev–Trinajstić information content (AvgIpc) is 2.53. The summed E-state index contributed by atoms with van der Waals surface area (Å²) in [6.45, 7) is 4.14. The molecule has 0 bridgehead atoms. The Morgan fingerprint density at radius 1 is 1.42 bits per heavy atom. The van der Waals surface area contributed by atoms with Crippen LogP contribution >= 0.6 is 0 Å². The number of carbonyl (C=O) groups is 1. The Kier molecular flexibility index (Phi) is 1.56. The average molecular weight is 164 g/mol. The minimum absolute atomic E-state index is 0.237. The van der Waals surface area contributed by atoms with Crippen molar-refractivity contribution >= 4 is 5.78 Å². The van der Waals surface area contributed by atoms with Crippen molar-refractivity contribution in [3.05, 3.63) is 23.2 Å². The van der Waals surface area contributed by atoms with E-state index in [0.29, 0.717) is 12.3 Å². The van der Waals surface area contributed by atoms with Crippen LogP contribution in [0.2, 0.25) is 0 Å². The number of ketones is 1. The molecule has 0 saturated heterocycles. The highest BCUT2D eigenvalue weighted by Gasteiger charge is 2.24. The molecule has 0 fully saturated rings. The molecule has 0 aromatic carbocycles. The number of Topliss-reactive ketones (excluding diaryl/α,β-unsaturated/α-hetero) is 1. The third kappa shape index (κ3) is 0.986. The molecule has 1 aliphatic rings. The summed E-state index contributed by atoms with van der Waals surface area (Å²) in [7, 11) is 0. The van der Waals surface area contributed by atoms with E-state index in [2.05, 4.69) is 13.8 Å². The Hall–Kier alpha value is -1.05. The monoisotopic (exact) mass is 164 g/mol. The molecule has 0 aliphatic heterocycles. The van der Waals surface area contributed by atoms with Crippen molar-refractivity contribution in [2.24, 2.45) is 0 Å². The van der Waals surface area contributed by atoms with E-state index in [1.54, 1.807) is 0 Å². The maximum Gasteiger partial charge on any atom is 0.166 e. The van der Waals surface area contributed by atoms with Crippen LogP contribution in [0.3, 0.4) is 0 Å². The second kappa shape index (κ2) is 2.47. The fourth-order valence-corrected chi connectivity index (χ4v) is 1.52. The predicted molar refractivity (Wildman–Crippen MR) is 45.4 cm³/mol. The molecule has 12 heavy (non-hydrogen) atoms. The topological polar surface area (TPSA) is 30.2 Å². The van der Waals surface area contributed by atoms with Crippen LogP contribution < -0.4 is 0 Å². The maximum absolute atomic E-state index is 11.2. The van der Waals surface area contributed by atoms with E-state index < -0.39 is 0 Å². The fraction of sp³-hybridized carbons (Fsp3) is 0.500. The summed E-state index contributed by atoms with van der Waals surface area (Å²) in [6, 6.07) is 1.90. The van der Waals surface area contributed by atoms with Gasteiger partial charge in [-0.3, -0.25) is 4.79 Å². The van der Waals surface area contributed by atoms with E-state index in [0.717, 1.165) is 23.5 Å². The maximum atomic E-state index is 11.2. The molecule has 0 atom stereocenters. The highest BCUT2D eigenvalue weighted by atomic mass is 16.3. The second-order valence-corrected chi connectivity index (χ2v) is 3.56. The van der Waals surface area contributed by atoms with Crippen molar-refractivity contribution in [1.29, 1.82) is 0 Å². The molecule has 1 heterocycles. The molecular formula is C10H12O2. The first-order valence-corrected chi connectivity index (χ1v) is 4.34. The van der Waals surface area contributed by atoms with Crippen LogP contribution in [-0.2, 0) is 6.42 Å². The summed E-state index contributed by atoms with van der Waals surface area (Å²) >= 11 is 0. The van der Waals surface area contributed by atoms with Crippen LogP contribution in [0.4, 0.5) is 0 Å². The van der Waals surface area contributed by atoms with Gasteiger partial charge in [0.05, 0.1) is 5.56 Å². The van der Waals surface area contributed by atoms with E-state index in [4.69, 9.17) is 4.42 Å². The Morgan fingerprint density at radius 2 is 2.17 bits per heavy atom. The molecule has 0 unspecified atom stereocenters. The van der Waals surface area contributed by atoms with Gasteiger partial charge >= 0.3 is 0 Å². The Balaban J connectivity index is 2.43. The van der Waals surface area contributed by atoms with Gasteiger partial charge in [0, 0.05) is 18.8 Å². The summed E-state index contributed by atoms with van der Waals surface area (Å²) in [5, 5.41) is 0. The minimum atomic E-state index is 0.237. The van der Waals surface area contributed by atoms with Crippen LogP contribution in [-0.4, -0.2) is 5.78 Å². The first kappa shape index (κ1) is 7.59. The van der Waals surface area contributed by atoms with E-state index in [1.807, 2.05) is 6.07 Å². The molecule has 1 aliphatic carbocycles. The molecule has 0 N–H and O–H groups in total. The molecule has 2 nitrogen and oxygen atoms in total. The Morgan fingerprint density at radius 3 is 2.75 bits per heavy atom. The van der Waals surface area contributed by atoms with E-state index in [1.165, 1.54) is 0 Å². The Bertz CT molecular complexity index is 321. The third-order valence-corrected chi connectivity index (χ3v) is 2.28. The minimum Gasteiger partial charge on any atom is -0.465 e. The lowest BCUT2D eigenvalue weighted by atomic mass is 10.1. The number of fused-ring (bicyclic) bond motifs is 1. The van der Waals surface area contributed by atoms with Crippen molar-refractivity contribution in [1.82, 2.24) is 0 Å². The van der Waals surface area contributed by atoms with Crippen molar-refractivity contribution in [2.75, 3.05) is 0 Å². The highest BCUT2D eigenvalue weighted by molar-refractivity contribution is 5.99. The fourth-order valence-electron chi connectivity index (χ4n) is 1.52. The zero-order chi connectivity index (χ0) is 8.72. The smallest absolute Gasteiger partial charge is 0.166 e. The van der Waals surface area contributed by atoms with Crippen LogP contribution in [0.5, 0.6) is 0 Å². The van der Waals surface area contributed by atoms with Gasteiger partial charge in [-0.15, -0.1) is 0 Å². The Labute approximate surface area is 71.6 Å². The van der Waals surface area contributed by atoms with Gasteiger partial charge in [-0.2, -0.15) is 0 Å². The van der Waals surface area contributed by atoms with Gasteiger partial charge in [0.1, 0.15) is 11.5 Å². The van der Waals surface area contributed by atoms with Crippen LogP contribution in [0, 0.1) is 0 Å². The van der Waals surface area contributed by atoms with Crippen LogP contribution in [0.15, 0.2) is 10.5 Å². The molecule has 0 spiro atoms. The lowest BCUT2D eigenvalue weighted by molar-refractivity contribution is 0.0994. The summed E-state index contributed by atoms with van der Waals surface area (Å²) < 4.78 is 5.54. The largest absolute Gasteiger partial charge is 0.465 e. The summed E-state index contributed by atoms with van der Waals surface area (Å²) in [4.78, 5) is 11.2. The number of hydrogen-bond donors (Lipinski definition) is 0. The molecule has 1 aromatic heterocycles. The predicted octanol–water partition coefficient (Wildman–Crippen LogP) is 2.53. The molecular weight excluding hydrogens is 152 g/mol. The summed E-state index contributed by atoms with van der Waals surface area (Å²) in [5.74, 6) is 2.45. The molecule has 2 heteroatoms. The number of aryl methyl sites for hydroxylation is 1. The van der Waals surface area contributed by atoms with Crippen molar-refractivity contribution in [3.63, 3.8) is 0 Å². The molecule has 0 radical (unpaired) electrons. The summed E-state index contributed by atoms with van der Waals surface area (Å²) in [5.41, 5.74) is 0.818. The quantitative estimate of drug-likeness (QED) is 0.638. The molecule has 1 aromatic rings. The zero-order valence-corrected chi connectivity index (χ0v) is 7.39. The lowest BCUT2D eigenvalue weighted by Gasteiger charge is -1.97. The number of furan rings is 1. The standard InChI is InChI=1S/C10H12O2/c1-6(2)10-5-7-8(11)3-4-9(7)12-10/h5-6H,3-4H2,1-2H3. The van der Waals surface area contributed by atoms with Gasteiger partial charge in [-0.1, -0.05) is 13.8 Å². The molecule has 64 valence electrons. The van der Waals surface area contributed by atoms with Gasteiger partial charge in [0.2, 0.25) is 0 Å². The van der Waals surface area contributed by atoms with Gasteiger partial charge in [-0.25, -0.2) is 0 Å². The number of rotatable bonds is 1. The highest BCUT2D eigenvalue weighted by Crippen LogP contribution is 2.28. The van der Waals surface area contributed by atoms with Crippen molar-refractivity contribution in [2.45, 2.75) is 32.6 Å². The van der Waals surface area contributed by atoms with Gasteiger partial charge in [0.25, 0.3) is 0 Å². The number of hydrogen-bond acceptors (Lipinski definition) is 2.